The summed E-state index contributed by atoms with van der Waals surface area (Å²) in [6, 6.07) is 10.1. The molecular formula is C18H13F4N3O3. The van der Waals surface area contributed by atoms with Crippen LogP contribution in [0.25, 0.3) is 5.69 Å². The Bertz CT molecular complexity index is 967. The topological polar surface area (TPSA) is 65.4 Å². The number of ether oxygens (including phenoxy) is 2. The van der Waals surface area contributed by atoms with Gasteiger partial charge in [-0.1, -0.05) is 0 Å². The minimum Gasteiger partial charge on any atom is -0.493 e. The number of amides is 1. The van der Waals surface area contributed by atoms with Gasteiger partial charge in [0.05, 0.1) is 19.0 Å². The average Bonchev–Trinajstić information content (AvgIpc) is 3.07. The third-order valence-corrected chi connectivity index (χ3v) is 3.55. The van der Waals surface area contributed by atoms with E-state index >= 15 is 0 Å². The Morgan fingerprint density at radius 2 is 1.71 bits per heavy atom. The fraction of sp³-hybridized carbons (Fsp3) is 0.111. The quantitative estimate of drug-likeness (QED) is 0.659. The molecule has 0 aliphatic rings. The number of alkyl halides is 3. The Labute approximate surface area is 156 Å². The zero-order chi connectivity index (χ0) is 20.3. The lowest BCUT2D eigenvalue weighted by Crippen LogP contribution is -2.17. The Kier molecular flexibility index (Phi) is 5.21. The van der Waals surface area contributed by atoms with Crippen molar-refractivity contribution >= 4 is 11.6 Å². The Morgan fingerprint density at radius 1 is 1.07 bits per heavy atom. The standard InChI is InChI=1S/C18H13F4N3O3/c1-27-15-10-25(13-6-2-11(19)3-7-13)24-16(15)17(26)23-12-4-8-14(9-5-12)28-18(20,21)22/h2-10H,1H3,(H,23,26). The van der Waals surface area contributed by atoms with Gasteiger partial charge in [-0.25, -0.2) is 9.07 Å². The molecule has 10 heteroatoms. The minimum absolute atomic E-state index is 0.0533. The van der Waals surface area contributed by atoms with E-state index in [-0.39, 0.29) is 17.1 Å². The van der Waals surface area contributed by atoms with E-state index in [4.69, 9.17) is 4.74 Å². The van der Waals surface area contributed by atoms with Crippen LogP contribution >= 0.6 is 0 Å². The molecule has 0 unspecified atom stereocenters. The molecule has 0 aliphatic carbocycles. The molecule has 0 fully saturated rings. The number of anilines is 1. The maximum absolute atomic E-state index is 13.1. The highest BCUT2D eigenvalue weighted by atomic mass is 19.4. The highest BCUT2D eigenvalue weighted by Crippen LogP contribution is 2.25. The summed E-state index contributed by atoms with van der Waals surface area (Å²) >= 11 is 0. The van der Waals surface area contributed by atoms with Gasteiger partial charge in [0.25, 0.3) is 5.91 Å². The lowest BCUT2D eigenvalue weighted by Gasteiger charge is -2.09. The molecule has 3 aromatic rings. The molecule has 2 aromatic carbocycles. The Hall–Kier alpha value is -3.56. The van der Waals surface area contributed by atoms with Crippen molar-refractivity contribution in [2.24, 2.45) is 0 Å². The molecule has 0 saturated carbocycles. The summed E-state index contributed by atoms with van der Waals surface area (Å²) in [5.74, 6) is -1.30. The second-order valence-electron chi connectivity index (χ2n) is 5.49. The van der Waals surface area contributed by atoms with Crippen LogP contribution in [0.3, 0.4) is 0 Å². The van der Waals surface area contributed by atoms with Crippen LogP contribution in [0, 0.1) is 5.82 Å². The average molecular weight is 395 g/mol. The van der Waals surface area contributed by atoms with Crippen LogP contribution in [0.15, 0.2) is 54.7 Å². The first-order valence-corrected chi connectivity index (χ1v) is 7.82. The number of aromatic nitrogens is 2. The Balaban J connectivity index is 1.77. The van der Waals surface area contributed by atoms with Crippen molar-refractivity contribution in [3.63, 3.8) is 0 Å². The number of nitrogens with one attached hydrogen (secondary N) is 1. The molecule has 1 heterocycles. The first-order valence-electron chi connectivity index (χ1n) is 7.82. The van der Waals surface area contributed by atoms with E-state index in [0.717, 1.165) is 12.1 Å². The summed E-state index contributed by atoms with van der Waals surface area (Å²) in [6.07, 6.45) is -3.35. The van der Waals surface area contributed by atoms with E-state index in [1.165, 1.54) is 54.4 Å². The van der Waals surface area contributed by atoms with Gasteiger partial charge in [0.2, 0.25) is 0 Å². The van der Waals surface area contributed by atoms with Crippen LogP contribution < -0.4 is 14.8 Å². The number of benzene rings is 2. The molecule has 0 atom stereocenters. The lowest BCUT2D eigenvalue weighted by molar-refractivity contribution is -0.274. The number of rotatable bonds is 5. The molecular weight excluding hydrogens is 382 g/mol. The Morgan fingerprint density at radius 3 is 2.29 bits per heavy atom. The number of halogens is 4. The van der Waals surface area contributed by atoms with Crippen molar-refractivity contribution in [2.45, 2.75) is 6.36 Å². The summed E-state index contributed by atoms with van der Waals surface area (Å²) in [7, 11) is 1.35. The van der Waals surface area contributed by atoms with E-state index in [2.05, 4.69) is 15.2 Å². The summed E-state index contributed by atoms with van der Waals surface area (Å²) in [5.41, 5.74) is 0.688. The fourth-order valence-corrected chi connectivity index (χ4v) is 2.32. The SMILES string of the molecule is COc1cn(-c2ccc(F)cc2)nc1C(=O)Nc1ccc(OC(F)(F)F)cc1. The van der Waals surface area contributed by atoms with Gasteiger partial charge in [-0.15, -0.1) is 13.2 Å². The number of hydrogen-bond acceptors (Lipinski definition) is 4. The first-order chi connectivity index (χ1) is 13.2. The van der Waals surface area contributed by atoms with E-state index < -0.39 is 23.8 Å². The molecule has 1 N–H and O–H groups in total. The van der Waals surface area contributed by atoms with Gasteiger partial charge >= 0.3 is 6.36 Å². The summed E-state index contributed by atoms with van der Waals surface area (Å²) in [4.78, 5) is 12.5. The van der Waals surface area contributed by atoms with Gasteiger partial charge in [-0.05, 0) is 48.5 Å². The molecule has 0 spiro atoms. The molecule has 28 heavy (non-hydrogen) atoms. The summed E-state index contributed by atoms with van der Waals surface area (Å²) in [5, 5.41) is 6.63. The summed E-state index contributed by atoms with van der Waals surface area (Å²) in [6.45, 7) is 0. The van der Waals surface area contributed by atoms with Gasteiger partial charge in [0.15, 0.2) is 11.4 Å². The van der Waals surface area contributed by atoms with Crippen molar-refractivity contribution in [1.29, 1.82) is 0 Å². The van der Waals surface area contributed by atoms with Crippen LogP contribution in [0.2, 0.25) is 0 Å². The third-order valence-electron chi connectivity index (χ3n) is 3.55. The number of hydrogen-bond donors (Lipinski definition) is 1. The smallest absolute Gasteiger partial charge is 0.493 e. The van der Waals surface area contributed by atoms with Gasteiger partial charge in [0, 0.05) is 5.69 Å². The van der Waals surface area contributed by atoms with E-state index in [1.54, 1.807) is 0 Å². The molecule has 0 radical (unpaired) electrons. The second-order valence-corrected chi connectivity index (χ2v) is 5.49. The molecule has 3 rings (SSSR count). The minimum atomic E-state index is -4.80. The van der Waals surface area contributed by atoms with Crippen LogP contribution in [-0.2, 0) is 0 Å². The van der Waals surface area contributed by atoms with Crippen LogP contribution in [-0.4, -0.2) is 29.2 Å². The van der Waals surface area contributed by atoms with E-state index in [0.29, 0.717) is 5.69 Å². The van der Waals surface area contributed by atoms with Crippen molar-refractivity contribution < 1.29 is 31.8 Å². The molecule has 0 bridgehead atoms. The van der Waals surface area contributed by atoms with Gasteiger partial charge < -0.3 is 14.8 Å². The van der Waals surface area contributed by atoms with Crippen molar-refractivity contribution in [3.05, 3.63) is 66.2 Å². The van der Waals surface area contributed by atoms with E-state index in [1.807, 2.05) is 0 Å². The maximum atomic E-state index is 13.1. The summed E-state index contributed by atoms with van der Waals surface area (Å²) < 4.78 is 59.9. The normalized spacial score (nSPS) is 11.2. The van der Waals surface area contributed by atoms with Crippen LogP contribution in [0.4, 0.5) is 23.2 Å². The van der Waals surface area contributed by atoms with E-state index in [9.17, 15) is 22.4 Å². The number of carbonyl (C=O) groups excluding carboxylic acids is 1. The highest BCUT2D eigenvalue weighted by molar-refractivity contribution is 6.04. The molecule has 0 saturated heterocycles. The number of carbonyl (C=O) groups is 1. The highest BCUT2D eigenvalue weighted by Gasteiger charge is 2.31. The zero-order valence-corrected chi connectivity index (χ0v) is 14.3. The fourth-order valence-electron chi connectivity index (χ4n) is 2.32. The second kappa shape index (κ2) is 7.59. The largest absolute Gasteiger partial charge is 0.573 e. The first kappa shape index (κ1) is 19.2. The van der Waals surface area contributed by atoms with Crippen LogP contribution in [0.5, 0.6) is 11.5 Å². The molecule has 146 valence electrons. The number of nitrogens with zero attached hydrogens (tertiary/aromatic N) is 2. The maximum Gasteiger partial charge on any atom is 0.573 e. The zero-order valence-electron chi connectivity index (χ0n) is 14.3. The predicted molar refractivity (Wildman–Crippen MR) is 91.2 cm³/mol. The lowest BCUT2D eigenvalue weighted by atomic mass is 10.3. The molecule has 1 amide bonds. The van der Waals surface area contributed by atoms with Crippen LogP contribution in [0.1, 0.15) is 10.5 Å². The van der Waals surface area contributed by atoms with Gasteiger partial charge in [-0.2, -0.15) is 5.10 Å². The van der Waals surface area contributed by atoms with Gasteiger partial charge in [-0.3, -0.25) is 4.79 Å². The monoisotopic (exact) mass is 395 g/mol. The molecule has 6 nitrogen and oxygen atoms in total. The predicted octanol–water partition coefficient (Wildman–Crippen LogP) is 4.17. The molecule has 1 aromatic heterocycles. The molecule has 0 aliphatic heterocycles. The van der Waals surface area contributed by atoms with Crippen molar-refractivity contribution in [2.75, 3.05) is 12.4 Å². The third kappa shape index (κ3) is 4.58. The van der Waals surface area contributed by atoms with Crippen molar-refractivity contribution in [1.82, 2.24) is 9.78 Å². The number of methoxy groups -OCH3 is 1. The van der Waals surface area contributed by atoms with Gasteiger partial charge in [0.1, 0.15) is 11.6 Å². The van der Waals surface area contributed by atoms with Crippen molar-refractivity contribution in [3.8, 4) is 17.2 Å².